The molecular formula is C18H18N4O3. The van der Waals surface area contributed by atoms with Crippen molar-refractivity contribution in [1.82, 2.24) is 19.9 Å². The second-order valence-corrected chi connectivity index (χ2v) is 6.25. The van der Waals surface area contributed by atoms with Crippen LogP contribution in [-0.4, -0.2) is 27.3 Å². The molecule has 2 aromatic heterocycles. The predicted molar refractivity (Wildman–Crippen MR) is 90.6 cm³/mol. The van der Waals surface area contributed by atoms with Gasteiger partial charge in [-0.25, -0.2) is 0 Å². The predicted octanol–water partition coefficient (Wildman–Crippen LogP) is 2.59. The second-order valence-electron chi connectivity index (χ2n) is 6.25. The van der Waals surface area contributed by atoms with Crippen molar-refractivity contribution in [3.63, 3.8) is 0 Å². The lowest BCUT2D eigenvalue weighted by Crippen LogP contribution is -2.33. The number of benzene rings is 1. The van der Waals surface area contributed by atoms with E-state index in [0.29, 0.717) is 22.9 Å². The molecule has 1 N–H and O–H groups in total. The molecule has 7 heteroatoms. The first-order valence-corrected chi connectivity index (χ1v) is 8.13. The Labute approximate surface area is 144 Å². The molecule has 0 bridgehead atoms. The molecule has 0 fully saturated rings. The monoisotopic (exact) mass is 338 g/mol. The smallest absolute Gasteiger partial charge is 0.252 e. The van der Waals surface area contributed by atoms with Crippen molar-refractivity contribution in [2.24, 2.45) is 5.92 Å². The van der Waals surface area contributed by atoms with Crippen molar-refractivity contribution in [3.8, 4) is 11.5 Å². The van der Waals surface area contributed by atoms with E-state index in [0.717, 1.165) is 5.65 Å². The van der Waals surface area contributed by atoms with Gasteiger partial charge in [-0.2, -0.15) is 0 Å². The van der Waals surface area contributed by atoms with Gasteiger partial charge < -0.3 is 14.8 Å². The highest BCUT2D eigenvalue weighted by molar-refractivity contribution is 5.95. The van der Waals surface area contributed by atoms with Gasteiger partial charge in [-0.05, 0) is 36.2 Å². The van der Waals surface area contributed by atoms with Gasteiger partial charge in [0.25, 0.3) is 5.91 Å². The third-order valence-corrected chi connectivity index (χ3v) is 4.21. The summed E-state index contributed by atoms with van der Waals surface area (Å²) >= 11 is 0. The standard InChI is InChI=1S/C18H18N4O3/c1-11(2)16(17-21-20-15-5-3-4-8-22(15)17)19-18(23)12-6-7-13-14(9-12)25-10-24-13/h3-9,11,16H,10H2,1-2H3,(H,19,23)/t16-/m1/s1. The number of aromatic nitrogens is 3. The summed E-state index contributed by atoms with van der Waals surface area (Å²) in [5.41, 5.74) is 1.27. The fraction of sp³-hybridized carbons (Fsp3) is 0.278. The van der Waals surface area contributed by atoms with Crippen LogP contribution < -0.4 is 14.8 Å². The van der Waals surface area contributed by atoms with E-state index in [1.165, 1.54) is 0 Å². The normalized spacial score (nSPS) is 14.0. The fourth-order valence-electron chi connectivity index (χ4n) is 2.86. The van der Waals surface area contributed by atoms with Crippen molar-refractivity contribution in [3.05, 3.63) is 54.0 Å². The number of ether oxygens (including phenoxy) is 2. The number of nitrogens with one attached hydrogen (secondary N) is 1. The minimum Gasteiger partial charge on any atom is -0.454 e. The molecule has 0 saturated heterocycles. The molecule has 1 aliphatic rings. The van der Waals surface area contributed by atoms with Crippen LogP contribution in [0.15, 0.2) is 42.6 Å². The molecular weight excluding hydrogens is 320 g/mol. The Morgan fingerprint density at radius 2 is 2.00 bits per heavy atom. The molecule has 3 heterocycles. The molecule has 128 valence electrons. The Bertz CT molecular complexity index is 935. The zero-order valence-corrected chi connectivity index (χ0v) is 14.0. The average molecular weight is 338 g/mol. The first kappa shape index (κ1) is 15.4. The Morgan fingerprint density at radius 1 is 1.16 bits per heavy atom. The van der Waals surface area contributed by atoms with Crippen LogP contribution in [0.5, 0.6) is 11.5 Å². The number of carbonyl (C=O) groups is 1. The van der Waals surface area contributed by atoms with Crippen LogP contribution in [0.3, 0.4) is 0 Å². The van der Waals surface area contributed by atoms with Gasteiger partial charge in [0.05, 0.1) is 6.04 Å². The lowest BCUT2D eigenvalue weighted by Gasteiger charge is -2.21. The van der Waals surface area contributed by atoms with E-state index in [-0.39, 0.29) is 24.7 Å². The zero-order chi connectivity index (χ0) is 17.4. The largest absolute Gasteiger partial charge is 0.454 e. The lowest BCUT2D eigenvalue weighted by molar-refractivity contribution is 0.0922. The number of fused-ring (bicyclic) bond motifs is 2. The molecule has 7 nitrogen and oxygen atoms in total. The van der Waals surface area contributed by atoms with Crippen molar-refractivity contribution >= 4 is 11.6 Å². The van der Waals surface area contributed by atoms with E-state index in [1.54, 1.807) is 18.2 Å². The summed E-state index contributed by atoms with van der Waals surface area (Å²) in [6, 6.07) is 10.6. The van der Waals surface area contributed by atoms with Gasteiger partial charge in [-0.15, -0.1) is 10.2 Å². The Kier molecular flexibility index (Phi) is 3.76. The van der Waals surface area contributed by atoms with Gasteiger partial charge in [0, 0.05) is 11.8 Å². The summed E-state index contributed by atoms with van der Waals surface area (Å²) in [4.78, 5) is 12.7. The zero-order valence-electron chi connectivity index (χ0n) is 14.0. The fourth-order valence-corrected chi connectivity index (χ4v) is 2.86. The minimum absolute atomic E-state index is 0.144. The maximum atomic E-state index is 12.7. The molecule has 0 aliphatic carbocycles. The molecule has 1 atom stereocenters. The summed E-state index contributed by atoms with van der Waals surface area (Å²) in [7, 11) is 0. The van der Waals surface area contributed by atoms with Crippen LogP contribution in [0.1, 0.15) is 36.1 Å². The van der Waals surface area contributed by atoms with E-state index >= 15 is 0 Å². The number of rotatable bonds is 4. The Balaban J connectivity index is 1.63. The van der Waals surface area contributed by atoms with Crippen LogP contribution >= 0.6 is 0 Å². The molecule has 1 aromatic carbocycles. The van der Waals surface area contributed by atoms with Crippen molar-refractivity contribution in [2.45, 2.75) is 19.9 Å². The summed E-state index contributed by atoms with van der Waals surface area (Å²) < 4.78 is 12.5. The van der Waals surface area contributed by atoms with Crippen molar-refractivity contribution < 1.29 is 14.3 Å². The van der Waals surface area contributed by atoms with E-state index < -0.39 is 0 Å². The van der Waals surface area contributed by atoms with Gasteiger partial charge in [-0.3, -0.25) is 9.20 Å². The quantitative estimate of drug-likeness (QED) is 0.791. The highest BCUT2D eigenvalue weighted by Gasteiger charge is 2.25. The average Bonchev–Trinajstić information content (AvgIpc) is 3.25. The second kappa shape index (κ2) is 6.08. The molecule has 0 spiro atoms. The van der Waals surface area contributed by atoms with Crippen LogP contribution in [0.2, 0.25) is 0 Å². The number of nitrogens with zero attached hydrogens (tertiary/aromatic N) is 3. The van der Waals surface area contributed by atoms with Gasteiger partial charge in [-0.1, -0.05) is 19.9 Å². The third kappa shape index (κ3) is 2.77. The molecule has 1 amide bonds. The SMILES string of the molecule is CC(C)[C@@H](NC(=O)c1ccc2c(c1)OCO2)c1nnc2ccccn12. The molecule has 4 rings (SSSR count). The molecule has 0 saturated carbocycles. The number of hydrogen-bond acceptors (Lipinski definition) is 5. The summed E-state index contributed by atoms with van der Waals surface area (Å²) in [6.07, 6.45) is 1.90. The van der Waals surface area contributed by atoms with Gasteiger partial charge >= 0.3 is 0 Å². The highest BCUT2D eigenvalue weighted by Crippen LogP contribution is 2.32. The van der Waals surface area contributed by atoms with Crippen LogP contribution in [-0.2, 0) is 0 Å². The van der Waals surface area contributed by atoms with Gasteiger partial charge in [0.2, 0.25) is 6.79 Å². The highest BCUT2D eigenvalue weighted by atomic mass is 16.7. The minimum atomic E-state index is -0.268. The summed E-state index contributed by atoms with van der Waals surface area (Å²) in [5, 5.41) is 11.5. The van der Waals surface area contributed by atoms with Crippen LogP contribution in [0.4, 0.5) is 0 Å². The van der Waals surface area contributed by atoms with Crippen molar-refractivity contribution in [1.29, 1.82) is 0 Å². The Morgan fingerprint density at radius 3 is 2.84 bits per heavy atom. The summed E-state index contributed by atoms with van der Waals surface area (Å²) in [5.74, 6) is 1.90. The number of pyridine rings is 1. The maximum absolute atomic E-state index is 12.7. The molecule has 3 aromatic rings. The first-order valence-electron chi connectivity index (χ1n) is 8.13. The molecule has 25 heavy (non-hydrogen) atoms. The van der Waals surface area contributed by atoms with E-state index in [1.807, 2.05) is 42.6 Å². The van der Waals surface area contributed by atoms with Crippen LogP contribution in [0, 0.1) is 5.92 Å². The first-order chi connectivity index (χ1) is 12.1. The Hall–Kier alpha value is -3.09. The van der Waals surface area contributed by atoms with Crippen molar-refractivity contribution in [2.75, 3.05) is 6.79 Å². The molecule has 0 unspecified atom stereocenters. The number of hydrogen-bond donors (Lipinski definition) is 1. The summed E-state index contributed by atoms with van der Waals surface area (Å²) in [6.45, 7) is 4.25. The molecule has 1 aliphatic heterocycles. The van der Waals surface area contributed by atoms with Gasteiger partial charge in [0.15, 0.2) is 23.0 Å². The topological polar surface area (TPSA) is 77.8 Å². The van der Waals surface area contributed by atoms with E-state index in [4.69, 9.17) is 9.47 Å². The molecule has 0 radical (unpaired) electrons. The lowest BCUT2D eigenvalue weighted by atomic mass is 10.0. The van der Waals surface area contributed by atoms with E-state index in [9.17, 15) is 4.79 Å². The number of carbonyl (C=O) groups excluding carboxylic acids is 1. The number of amides is 1. The third-order valence-electron chi connectivity index (χ3n) is 4.21. The van der Waals surface area contributed by atoms with Gasteiger partial charge in [0.1, 0.15) is 0 Å². The van der Waals surface area contributed by atoms with Crippen LogP contribution in [0.25, 0.3) is 5.65 Å². The van der Waals surface area contributed by atoms with E-state index in [2.05, 4.69) is 15.5 Å². The maximum Gasteiger partial charge on any atom is 0.252 e.